The molecule has 1 aliphatic carbocycles. The van der Waals surface area contributed by atoms with Gasteiger partial charge in [0.25, 0.3) is 0 Å². The van der Waals surface area contributed by atoms with E-state index in [1.807, 2.05) is 0 Å². The summed E-state index contributed by atoms with van der Waals surface area (Å²) in [5.41, 5.74) is -0.143. The molecule has 80 valence electrons. The van der Waals surface area contributed by atoms with Crippen LogP contribution in [0.4, 0.5) is 8.78 Å². The number of halogens is 2. The maximum atomic E-state index is 12.7. The predicted octanol–water partition coefficient (Wildman–Crippen LogP) is 2.04. The lowest BCUT2D eigenvalue weighted by atomic mass is 9.61. The van der Waals surface area contributed by atoms with E-state index < -0.39 is 5.92 Å². The van der Waals surface area contributed by atoms with Crippen molar-refractivity contribution in [3.05, 3.63) is 0 Å². The second-order valence-electron chi connectivity index (χ2n) is 4.72. The van der Waals surface area contributed by atoms with Crippen LogP contribution in [-0.2, 0) is 4.79 Å². The minimum absolute atomic E-state index is 0.0335. The zero-order valence-corrected chi connectivity index (χ0v) is 8.35. The molecule has 2 nitrogen and oxygen atoms in total. The highest BCUT2D eigenvalue weighted by atomic mass is 19.3. The van der Waals surface area contributed by atoms with Gasteiger partial charge in [0, 0.05) is 32.9 Å². The third-order valence-electron chi connectivity index (χ3n) is 3.54. The summed E-state index contributed by atoms with van der Waals surface area (Å²) in [7, 11) is 0. The van der Waals surface area contributed by atoms with Gasteiger partial charge in [-0.05, 0) is 18.3 Å². The van der Waals surface area contributed by atoms with Gasteiger partial charge >= 0.3 is 0 Å². The fourth-order valence-electron chi connectivity index (χ4n) is 2.70. The molecular weight excluding hydrogens is 188 g/mol. The summed E-state index contributed by atoms with van der Waals surface area (Å²) >= 11 is 0. The van der Waals surface area contributed by atoms with Crippen LogP contribution in [0.2, 0.25) is 0 Å². The molecule has 1 saturated heterocycles. The van der Waals surface area contributed by atoms with Crippen molar-refractivity contribution in [1.82, 2.24) is 4.90 Å². The number of hydrogen-bond donors (Lipinski definition) is 0. The number of nitrogens with zero attached hydrogens (tertiary/aromatic N) is 1. The molecule has 1 saturated carbocycles. The average Bonchev–Trinajstić information content (AvgIpc) is 2.01. The molecule has 1 spiro atoms. The Labute approximate surface area is 82.3 Å². The molecule has 1 aliphatic heterocycles. The number of alkyl halides is 2. The van der Waals surface area contributed by atoms with Crippen LogP contribution in [0.3, 0.4) is 0 Å². The second-order valence-corrected chi connectivity index (χ2v) is 4.72. The number of hydrogen-bond acceptors (Lipinski definition) is 1. The lowest BCUT2D eigenvalue weighted by Crippen LogP contribution is -2.52. The highest BCUT2D eigenvalue weighted by Crippen LogP contribution is 2.57. The van der Waals surface area contributed by atoms with E-state index >= 15 is 0 Å². The molecule has 0 atom stereocenters. The Morgan fingerprint density at radius 2 is 1.71 bits per heavy atom. The summed E-state index contributed by atoms with van der Waals surface area (Å²) in [4.78, 5) is 12.8. The van der Waals surface area contributed by atoms with Crippen molar-refractivity contribution in [3.8, 4) is 0 Å². The Bertz CT molecular complexity index is 247. The third kappa shape index (κ3) is 1.62. The Balaban J connectivity index is 1.89. The number of piperidine rings is 1. The van der Waals surface area contributed by atoms with Crippen LogP contribution >= 0.6 is 0 Å². The molecule has 0 unspecified atom stereocenters. The smallest absolute Gasteiger partial charge is 0.249 e. The second kappa shape index (κ2) is 2.91. The average molecular weight is 203 g/mol. The molecular formula is C10H15F2NO. The van der Waals surface area contributed by atoms with Gasteiger partial charge in [0.05, 0.1) is 0 Å². The number of amides is 1. The Hall–Kier alpha value is -0.670. The molecule has 0 aromatic rings. The zero-order valence-electron chi connectivity index (χ0n) is 8.35. The predicted molar refractivity (Wildman–Crippen MR) is 48.1 cm³/mol. The van der Waals surface area contributed by atoms with Crippen molar-refractivity contribution in [2.75, 3.05) is 13.1 Å². The minimum Gasteiger partial charge on any atom is -0.343 e. The van der Waals surface area contributed by atoms with Gasteiger partial charge in [0.2, 0.25) is 11.8 Å². The maximum Gasteiger partial charge on any atom is 0.249 e. The summed E-state index contributed by atoms with van der Waals surface area (Å²) in [6.07, 6.45) is 1.57. The SMILES string of the molecule is CC(=O)N1CCC2(CC1)CC(F)(F)C2. The molecule has 2 aliphatic rings. The van der Waals surface area contributed by atoms with Crippen LogP contribution in [0, 0.1) is 5.41 Å². The largest absolute Gasteiger partial charge is 0.343 e. The van der Waals surface area contributed by atoms with Crippen LogP contribution < -0.4 is 0 Å². The molecule has 4 heteroatoms. The fourth-order valence-corrected chi connectivity index (χ4v) is 2.70. The van der Waals surface area contributed by atoms with E-state index in [-0.39, 0.29) is 24.2 Å². The summed E-state index contributed by atoms with van der Waals surface area (Å²) in [6.45, 7) is 2.85. The van der Waals surface area contributed by atoms with Gasteiger partial charge in [0.1, 0.15) is 0 Å². The first kappa shape index (κ1) is 9.87. The molecule has 0 radical (unpaired) electrons. The quantitative estimate of drug-likeness (QED) is 0.590. The molecule has 0 bridgehead atoms. The van der Waals surface area contributed by atoms with Gasteiger partial charge < -0.3 is 4.90 Å². The van der Waals surface area contributed by atoms with Crippen LogP contribution in [0.5, 0.6) is 0 Å². The van der Waals surface area contributed by atoms with E-state index in [2.05, 4.69) is 0 Å². The van der Waals surface area contributed by atoms with Crippen molar-refractivity contribution in [2.24, 2.45) is 5.41 Å². The standard InChI is InChI=1S/C10H15F2NO/c1-8(14)13-4-2-9(3-5-13)6-10(11,12)7-9/h2-7H2,1H3. The highest BCUT2D eigenvalue weighted by molar-refractivity contribution is 5.73. The molecule has 14 heavy (non-hydrogen) atoms. The summed E-state index contributed by atoms with van der Waals surface area (Å²) in [5.74, 6) is -2.37. The fraction of sp³-hybridized carbons (Fsp3) is 0.900. The van der Waals surface area contributed by atoms with E-state index in [1.54, 1.807) is 4.90 Å². The van der Waals surface area contributed by atoms with Gasteiger partial charge in [-0.15, -0.1) is 0 Å². The monoisotopic (exact) mass is 203 g/mol. The highest BCUT2D eigenvalue weighted by Gasteiger charge is 2.56. The topological polar surface area (TPSA) is 20.3 Å². The zero-order chi connectivity index (χ0) is 10.4. The van der Waals surface area contributed by atoms with Crippen LogP contribution in [0.15, 0.2) is 0 Å². The lowest BCUT2D eigenvalue weighted by Gasteiger charge is -2.51. The summed E-state index contributed by atoms with van der Waals surface area (Å²) < 4.78 is 25.5. The van der Waals surface area contributed by atoms with E-state index in [4.69, 9.17) is 0 Å². The Kier molecular flexibility index (Phi) is 2.05. The number of carbonyl (C=O) groups excluding carboxylic acids is 1. The number of carbonyl (C=O) groups is 1. The van der Waals surface area contributed by atoms with Crippen LogP contribution in [0.1, 0.15) is 32.6 Å². The molecule has 0 N–H and O–H groups in total. The van der Waals surface area contributed by atoms with E-state index in [0.29, 0.717) is 13.1 Å². The van der Waals surface area contributed by atoms with E-state index in [0.717, 1.165) is 12.8 Å². The maximum absolute atomic E-state index is 12.7. The van der Waals surface area contributed by atoms with Crippen molar-refractivity contribution < 1.29 is 13.6 Å². The van der Waals surface area contributed by atoms with Crippen LogP contribution in [0.25, 0.3) is 0 Å². The molecule has 0 aromatic carbocycles. The Morgan fingerprint density at radius 1 is 1.21 bits per heavy atom. The molecule has 1 amide bonds. The van der Waals surface area contributed by atoms with Crippen molar-refractivity contribution in [2.45, 2.75) is 38.5 Å². The Morgan fingerprint density at radius 3 is 2.07 bits per heavy atom. The molecule has 0 aromatic heterocycles. The number of rotatable bonds is 0. The van der Waals surface area contributed by atoms with Crippen LogP contribution in [-0.4, -0.2) is 29.8 Å². The van der Waals surface area contributed by atoms with Crippen molar-refractivity contribution in [1.29, 1.82) is 0 Å². The number of likely N-dealkylation sites (tertiary alicyclic amines) is 1. The van der Waals surface area contributed by atoms with E-state index in [1.165, 1.54) is 6.92 Å². The normalized spacial score (nSPS) is 28.6. The lowest BCUT2D eigenvalue weighted by molar-refractivity contribution is -0.179. The van der Waals surface area contributed by atoms with Crippen molar-refractivity contribution >= 4 is 5.91 Å². The van der Waals surface area contributed by atoms with E-state index in [9.17, 15) is 13.6 Å². The summed E-state index contributed by atoms with van der Waals surface area (Å²) in [5, 5.41) is 0. The summed E-state index contributed by atoms with van der Waals surface area (Å²) in [6, 6.07) is 0. The molecule has 1 heterocycles. The first-order valence-electron chi connectivity index (χ1n) is 5.06. The minimum atomic E-state index is -2.43. The molecule has 2 fully saturated rings. The van der Waals surface area contributed by atoms with Crippen molar-refractivity contribution in [3.63, 3.8) is 0 Å². The third-order valence-corrected chi connectivity index (χ3v) is 3.54. The van der Waals surface area contributed by atoms with Gasteiger partial charge in [-0.1, -0.05) is 0 Å². The molecule has 2 rings (SSSR count). The van der Waals surface area contributed by atoms with Gasteiger partial charge in [-0.25, -0.2) is 8.78 Å². The first-order chi connectivity index (χ1) is 6.43. The van der Waals surface area contributed by atoms with Gasteiger partial charge in [-0.2, -0.15) is 0 Å². The van der Waals surface area contributed by atoms with Gasteiger partial charge in [-0.3, -0.25) is 4.79 Å². The van der Waals surface area contributed by atoms with Gasteiger partial charge in [0.15, 0.2) is 0 Å². The first-order valence-corrected chi connectivity index (χ1v) is 5.06.